The molecule has 1 saturated carbocycles. The molecule has 0 spiro atoms. The minimum atomic E-state index is -3.68. The molecule has 8 nitrogen and oxygen atoms in total. The van der Waals surface area contributed by atoms with Crippen LogP contribution >= 0.6 is 11.3 Å². The van der Waals surface area contributed by atoms with E-state index < -0.39 is 15.9 Å². The zero-order chi connectivity index (χ0) is 17.3. The molecule has 24 heavy (non-hydrogen) atoms. The highest BCUT2D eigenvalue weighted by Crippen LogP contribution is 2.29. The third-order valence-electron chi connectivity index (χ3n) is 3.38. The Morgan fingerprint density at radius 1 is 1.42 bits per heavy atom. The van der Waals surface area contributed by atoms with Crippen LogP contribution in [0.4, 0.5) is 5.69 Å². The number of sulfonamides is 1. The molecule has 1 aromatic carbocycles. The predicted octanol–water partition coefficient (Wildman–Crippen LogP) is 1.00. The van der Waals surface area contributed by atoms with Crippen LogP contribution in [0.2, 0.25) is 0 Å². The summed E-state index contributed by atoms with van der Waals surface area (Å²) in [5.41, 5.74) is 5.47. The quantitative estimate of drug-likeness (QED) is 0.562. The van der Waals surface area contributed by atoms with E-state index in [0.717, 1.165) is 24.2 Å². The molecule has 1 aliphatic rings. The van der Waals surface area contributed by atoms with Crippen LogP contribution in [0.1, 0.15) is 27.5 Å². The number of anilines is 1. The number of hydrogen-bond donors (Lipinski definition) is 4. The van der Waals surface area contributed by atoms with Crippen LogP contribution in [0.3, 0.4) is 0 Å². The lowest BCUT2D eigenvalue weighted by molar-refractivity contribution is 0.103. The van der Waals surface area contributed by atoms with Gasteiger partial charge in [-0.2, -0.15) is 0 Å². The van der Waals surface area contributed by atoms with Crippen molar-refractivity contribution >= 4 is 33.0 Å². The number of rotatable bonds is 6. The van der Waals surface area contributed by atoms with Gasteiger partial charge in [0.15, 0.2) is 0 Å². The second kappa shape index (κ2) is 6.48. The first-order valence-electron chi connectivity index (χ1n) is 7.20. The van der Waals surface area contributed by atoms with Gasteiger partial charge in [-0.1, -0.05) is 0 Å². The van der Waals surface area contributed by atoms with Crippen molar-refractivity contribution in [2.75, 3.05) is 5.32 Å². The predicted molar refractivity (Wildman–Crippen MR) is 89.4 cm³/mol. The highest BCUT2D eigenvalue weighted by Gasteiger charge is 2.28. The van der Waals surface area contributed by atoms with Crippen LogP contribution in [-0.4, -0.2) is 30.5 Å². The molecule has 0 bridgehead atoms. The average molecular weight is 368 g/mol. The van der Waals surface area contributed by atoms with Crippen LogP contribution in [0.5, 0.6) is 5.75 Å². The number of carbonyl (C=O) groups excluding carboxylic acids is 1. The Labute approximate surface area is 142 Å². The summed E-state index contributed by atoms with van der Waals surface area (Å²) in [5, 5.41) is 13.0. The minimum absolute atomic E-state index is 0.0152. The molecule has 0 radical (unpaired) electrons. The van der Waals surface area contributed by atoms with Gasteiger partial charge in [0.1, 0.15) is 15.6 Å². The lowest BCUT2D eigenvalue weighted by Gasteiger charge is -2.10. The molecule has 1 amide bonds. The van der Waals surface area contributed by atoms with E-state index in [0.29, 0.717) is 9.88 Å². The molecular formula is C14H16N4O4S2. The first-order chi connectivity index (χ1) is 11.4. The molecule has 0 atom stereocenters. The van der Waals surface area contributed by atoms with Gasteiger partial charge in [-0.25, -0.2) is 18.1 Å². The van der Waals surface area contributed by atoms with E-state index in [9.17, 15) is 18.3 Å². The topological polar surface area (TPSA) is 134 Å². The molecule has 2 aromatic rings. The van der Waals surface area contributed by atoms with Crippen molar-refractivity contribution < 1.29 is 18.3 Å². The number of nitrogens with two attached hydrogens (primary N) is 1. The number of nitrogens with one attached hydrogen (secondary N) is 2. The van der Waals surface area contributed by atoms with Crippen LogP contribution < -0.4 is 15.8 Å². The summed E-state index contributed by atoms with van der Waals surface area (Å²) in [4.78, 5) is 16.5. The van der Waals surface area contributed by atoms with Gasteiger partial charge < -0.3 is 16.2 Å². The van der Waals surface area contributed by atoms with Crippen LogP contribution in [0.25, 0.3) is 0 Å². The fourth-order valence-corrected chi connectivity index (χ4v) is 3.99. The van der Waals surface area contributed by atoms with E-state index in [-0.39, 0.29) is 28.9 Å². The van der Waals surface area contributed by atoms with E-state index in [1.54, 1.807) is 0 Å². The van der Waals surface area contributed by atoms with Gasteiger partial charge in [0, 0.05) is 12.6 Å². The first-order valence-corrected chi connectivity index (χ1v) is 9.50. The van der Waals surface area contributed by atoms with Gasteiger partial charge in [-0.3, -0.25) is 4.79 Å². The highest BCUT2D eigenvalue weighted by atomic mass is 32.2. The summed E-state index contributed by atoms with van der Waals surface area (Å²) in [6, 6.07) is 3.71. The Hall–Kier alpha value is -2.01. The second-order valence-electron chi connectivity index (χ2n) is 5.35. The number of aromatic nitrogens is 1. The lowest BCUT2D eigenvalue weighted by Crippen LogP contribution is -2.25. The van der Waals surface area contributed by atoms with E-state index in [4.69, 9.17) is 5.73 Å². The summed E-state index contributed by atoms with van der Waals surface area (Å²) in [5.74, 6) is -0.718. The van der Waals surface area contributed by atoms with E-state index in [1.807, 2.05) is 0 Å². The number of phenolic OH excluding ortho intramolecular Hbond substituents is 1. The Bertz CT molecular complexity index is 875. The molecule has 0 saturated heterocycles. The normalized spacial score (nSPS) is 14.5. The first kappa shape index (κ1) is 16.8. The van der Waals surface area contributed by atoms with E-state index >= 15 is 0 Å². The number of carbonyl (C=O) groups is 1. The summed E-state index contributed by atoms with van der Waals surface area (Å²) >= 11 is 1.13. The molecule has 1 heterocycles. The summed E-state index contributed by atoms with van der Waals surface area (Å²) in [6.07, 6.45) is 3.01. The second-order valence-corrected chi connectivity index (χ2v) is 8.18. The zero-order valence-electron chi connectivity index (χ0n) is 12.5. The van der Waals surface area contributed by atoms with Crippen LogP contribution in [-0.2, 0) is 16.6 Å². The fraction of sp³-hybridized carbons (Fsp3) is 0.286. The monoisotopic (exact) mass is 368 g/mol. The Kier molecular flexibility index (Phi) is 4.54. The van der Waals surface area contributed by atoms with Gasteiger partial charge in [-0.15, -0.1) is 11.3 Å². The Morgan fingerprint density at radius 2 is 2.17 bits per heavy atom. The number of amides is 1. The number of aromatic hydroxyl groups is 1. The molecule has 128 valence electrons. The molecule has 1 fully saturated rings. The minimum Gasteiger partial charge on any atom is -0.506 e. The number of thiazole rings is 1. The van der Waals surface area contributed by atoms with Crippen molar-refractivity contribution in [3.05, 3.63) is 34.3 Å². The SMILES string of the molecule is NCc1ncc(C(=O)Nc2cc(S(=O)(=O)NC3CC3)ccc2O)s1. The summed E-state index contributed by atoms with van der Waals surface area (Å²) in [7, 11) is -3.68. The van der Waals surface area contributed by atoms with Gasteiger partial charge in [0.05, 0.1) is 16.8 Å². The number of nitrogens with zero attached hydrogens (tertiary/aromatic N) is 1. The smallest absolute Gasteiger partial charge is 0.267 e. The molecular weight excluding hydrogens is 352 g/mol. The van der Waals surface area contributed by atoms with Gasteiger partial charge >= 0.3 is 0 Å². The number of benzene rings is 1. The van der Waals surface area contributed by atoms with E-state index in [1.165, 1.54) is 24.4 Å². The maximum atomic E-state index is 12.2. The Morgan fingerprint density at radius 3 is 2.79 bits per heavy atom. The molecule has 0 unspecified atom stereocenters. The largest absolute Gasteiger partial charge is 0.506 e. The van der Waals surface area contributed by atoms with Crippen molar-refractivity contribution in [1.82, 2.24) is 9.71 Å². The molecule has 1 aliphatic carbocycles. The molecule has 0 aliphatic heterocycles. The summed E-state index contributed by atoms with van der Waals surface area (Å²) in [6.45, 7) is 0.226. The average Bonchev–Trinajstić information content (AvgIpc) is 3.20. The molecule has 10 heteroatoms. The van der Waals surface area contributed by atoms with Gasteiger partial charge in [0.2, 0.25) is 10.0 Å². The van der Waals surface area contributed by atoms with E-state index in [2.05, 4.69) is 15.0 Å². The van der Waals surface area contributed by atoms with Gasteiger partial charge in [0.25, 0.3) is 5.91 Å². The maximum Gasteiger partial charge on any atom is 0.267 e. The van der Waals surface area contributed by atoms with Crippen molar-refractivity contribution in [3.63, 3.8) is 0 Å². The highest BCUT2D eigenvalue weighted by molar-refractivity contribution is 7.89. The van der Waals surface area contributed by atoms with Crippen molar-refractivity contribution in [3.8, 4) is 5.75 Å². The zero-order valence-corrected chi connectivity index (χ0v) is 14.2. The van der Waals surface area contributed by atoms with Crippen molar-refractivity contribution in [2.45, 2.75) is 30.3 Å². The van der Waals surface area contributed by atoms with Crippen LogP contribution in [0.15, 0.2) is 29.3 Å². The standard InChI is InChI=1S/C14H16N4O4S2/c15-6-13-16-7-12(23-13)14(20)17-10-5-9(3-4-11(10)19)24(21,22)18-8-1-2-8/h3-5,7-8,18-19H,1-2,6,15H2,(H,17,20). The molecule has 5 N–H and O–H groups in total. The fourth-order valence-electron chi connectivity index (χ4n) is 1.96. The van der Waals surface area contributed by atoms with Gasteiger partial charge in [-0.05, 0) is 31.0 Å². The third kappa shape index (κ3) is 3.73. The van der Waals surface area contributed by atoms with Crippen molar-refractivity contribution in [2.24, 2.45) is 5.73 Å². The third-order valence-corrected chi connectivity index (χ3v) is 5.91. The van der Waals surface area contributed by atoms with Crippen LogP contribution in [0, 0.1) is 0 Å². The lowest BCUT2D eigenvalue weighted by atomic mass is 10.3. The van der Waals surface area contributed by atoms with Crippen molar-refractivity contribution in [1.29, 1.82) is 0 Å². The molecule has 1 aromatic heterocycles. The number of phenols is 1. The Balaban J connectivity index is 1.82. The molecule has 3 rings (SSSR count). The maximum absolute atomic E-state index is 12.2. The summed E-state index contributed by atoms with van der Waals surface area (Å²) < 4.78 is 27.0. The number of hydrogen-bond acceptors (Lipinski definition) is 7.